The molecule has 0 bridgehead atoms. The number of sulfonamides is 1. The minimum Gasteiger partial charge on any atom is -0.207 e. The molecule has 0 spiro atoms. The molecule has 1 aliphatic rings. The highest BCUT2D eigenvalue weighted by Crippen LogP contribution is 2.30. The molecule has 1 aromatic carbocycles. The second kappa shape index (κ2) is 7.64. The zero-order valence-corrected chi connectivity index (χ0v) is 15.5. The van der Waals surface area contributed by atoms with Crippen LogP contribution in [0.1, 0.15) is 32.1 Å². The minimum absolute atomic E-state index is 0.0686. The number of rotatable bonds is 5. The summed E-state index contributed by atoms with van der Waals surface area (Å²) in [6.45, 7) is 0.455. The summed E-state index contributed by atoms with van der Waals surface area (Å²) >= 11 is 15.2. The summed E-state index contributed by atoms with van der Waals surface area (Å²) in [5.41, 5.74) is 0. The van der Waals surface area contributed by atoms with Crippen LogP contribution >= 0.6 is 39.1 Å². The predicted octanol–water partition coefficient (Wildman–Crippen LogP) is 4.71. The van der Waals surface area contributed by atoms with E-state index in [0.29, 0.717) is 21.9 Å². The van der Waals surface area contributed by atoms with Crippen molar-refractivity contribution in [3.63, 3.8) is 0 Å². The lowest BCUT2D eigenvalue weighted by atomic mass is 9.95. The van der Waals surface area contributed by atoms with Gasteiger partial charge in [-0.25, -0.2) is 8.42 Å². The first-order chi connectivity index (χ1) is 9.95. The van der Waals surface area contributed by atoms with E-state index in [1.807, 2.05) is 0 Å². The van der Waals surface area contributed by atoms with Gasteiger partial charge < -0.3 is 0 Å². The van der Waals surface area contributed by atoms with Crippen molar-refractivity contribution in [2.75, 3.05) is 11.9 Å². The SMILES string of the molecule is O=S(=O)(c1cc(Cl)cc(Cl)c1)N(CCBr)C1CCCCC1. The van der Waals surface area contributed by atoms with Crippen LogP contribution in [0, 0.1) is 0 Å². The Balaban J connectivity index is 2.36. The number of nitrogens with zero attached hydrogens (tertiary/aromatic N) is 1. The third kappa shape index (κ3) is 4.35. The number of alkyl halides is 1. The van der Waals surface area contributed by atoms with Crippen molar-refractivity contribution in [3.05, 3.63) is 28.2 Å². The number of hydrogen-bond acceptors (Lipinski definition) is 2. The molecular formula is C14H18BrCl2NO2S. The van der Waals surface area contributed by atoms with Gasteiger partial charge in [0.05, 0.1) is 4.90 Å². The molecule has 21 heavy (non-hydrogen) atoms. The van der Waals surface area contributed by atoms with Gasteiger partial charge in [-0.2, -0.15) is 4.31 Å². The van der Waals surface area contributed by atoms with Crippen molar-refractivity contribution < 1.29 is 8.42 Å². The Labute approximate surface area is 144 Å². The predicted molar refractivity (Wildman–Crippen MR) is 91.0 cm³/mol. The van der Waals surface area contributed by atoms with Crippen LogP contribution in [-0.4, -0.2) is 30.6 Å². The van der Waals surface area contributed by atoms with Gasteiger partial charge in [0.1, 0.15) is 0 Å². The molecule has 1 fully saturated rings. The van der Waals surface area contributed by atoms with Gasteiger partial charge in [0, 0.05) is 28.0 Å². The third-order valence-electron chi connectivity index (χ3n) is 3.73. The molecule has 0 heterocycles. The maximum absolute atomic E-state index is 12.9. The standard InChI is InChI=1S/C14H18BrCl2NO2S/c15-6-7-18(13-4-2-1-3-5-13)21(19,20)14-9-11(16)8-12(17)10-14/h8-10,13H,1-7H2. The zero-order chi connectivity index (χ0) is 15.5. The van der Waals surface area contributed by atoms with Crippen LogP contribution in [-0.2, 0) is 10.0 Å². The van der Waals surface area contributed by atoms with E-state index < -0.39 is 10.0 Å². The quantitative estimate of drug-likeness (QED) is 0.654. The van der Waals surface area contributed by atoms with Gasteiger partial charge in [-0.05, 0) is 31.0 Å². The highest BCUT2D eigenvalue weighted by Gasteiger charge is 2.32. The van der Waals surface area contributed by atoms with Crippen LogP contribution in [0.3, 0.4) is 0 Å². The maximum atomic E-state index is 12.9. The fraction of sp³-hybridized carbons (Fsp3) is 0.571. The van der Waals surface area contributed by atoms with Crippen LogP contribution in [0.15, 0.2) is 23.1 Å². The summed E-state index contributed by atoms with van der Waals surface area (Å²) in [4.78, 5) is 0.173. The lowest BCUT2D eigenvalue weighted by Gasteiger charge is -2.33. The molecule has 0 atom stereocenters. The van der Waals surface area contributed by atoms with E-state index in [2.05, 4.69) is 15.9 Å². The lowest BCUT2D eigenvalue weighted by molar-refractivity contribution is 0.263. The van der Waals surface area contributed by atoms with Crippen LogP contribution in [0.2, 0.25) is 10.0 Å². The average molecular weight is 415 g/mol. The summed E-state index contributed by atoms with van der Waals surface area (Å²) < 4.78 is 27.4. The lowest BCUT2D eigenvalue weighted by Crippen LogP contribution is -2.42. The highest BCUT2D eigenvalue weighted by atomic mass is 79.9. The van der Waals surface area contributed by atoms with E-state index >= 15 is 0 Å². The first kappa shape index (κ1) is 17.5. The van der Waals surface area contributed by atoms with E-state index in [9.17, 15) is 8.42 Å². The Morgan fingerprint density at radius 1 is 1.10 bits per heavy atom. The Bertz CT molecular complexity index is 568. The number of hydrogen-bond donors (Lipinski definition) is 0. The second-order valence-corrected chi connectivity index (χ2v) is 8.76. The summed E-state index contributed by atoms with van der Waals surface area (Å²) in [6.07, 6.45) is 5.17. The van der Waals surface area contributed by atoms with E-state index in [-0.39, 0.29) is 10.9 Å². The summed E-state index contributed by atoms with van der Waals surface area (Å²) in [5, 5.41) is 1.28. The summed E-state index contributed by atoms with van der Waals surface area (Å²) in [6, 6.07) is 4.54. The molecule has 1 aromatic rings. The van der Waals surface area contributed by atoms with E-state index in [1.165, 1.54) is 24.6 Å². The molecule has 0 aliphatic heterocycles. The number of halogens is 3. The average Bonchev–Trinajstić information content (AvgIpc) is 2.44. The summed E-state index contributed by atoms with van der Waals surface area (Å²) in [5.74, 6) is 0. The van der Waals surface area contributed by atoms with Gasteiger partial charge >= 0.3 is 0 Å². The molecule has 0 amide bonds. The Morgan fingerprint density at radius 2 is 1.67 bits per heavy atom. The molecule has 0 radical (unpaired) electrons. The maximum Gasteiger partial charge on any atom is 0.243 e. The Hall–Kier alpha value is 0.190. The highest BCUT2D eigenvalue weighted by molar-refractivity contribution is 9.09. The van der Waals surface area contributed by atoms with Crippen molar-refractivity contribution in [2.45, 2.75) is 43.0 Å². The van der Waals surface area contributed by atoms with Gasteiger partial charge in [-0.3, -0.25) is 0 Å². The van der Waals surface area contributed by atoms with Crippen LogP contribution in [0.5, 0.6) is 0 Å². The fourth-order valence-corrected chi connectivity index (χ4v) is 5.79. The third-order valence-corrected chi connectivity index (χ3v) is 6.45. The smallest absolute Gasteiger partial charge is 0.207 e. The van der Waals surface area contributed by atoms with Gasteiger partial charge in [-0.1, -0.05) is 58.4 Å². The van der Waals surface area contributed by atoms with Gasteiger partial charge in [0.15, 0.2) is 0 Å². The molecule has 1 saturated carbocycles. The second-order valence-electron chi connectivity index (χ2n) is 5.20. The van der Waals surface area contributed by atoms with E-state index in [0.717, 1.165) is 25.7 Å². The molecule has 0 saturated heterocycles. The van der Waals surface area contributed by atoms with Gasteiger partial charge in [0.2, 0.25) is 10.0 Å². The zero-order valence-electron chi connectivity index (χ0n) is 11.6. The molecule has 0 N–H and O–H groups in total. The molecule has 2 rings (SSSR count). The number of benzene rings is 1. The van der Waals surface area contributed by atoms with Crippen LogP contribution in [0.25, 0.3) is 0 Å². The first-order valence-corrected chi connectivity index (χ1v) is 10.3. The van der Waals surface area contributed by atoms with Crippen LogP contribution in [0.4, 0.5) is 0 Å². The molecule has 1 aliphatic carbocycles. The van der Waals surface area contributed by atoms with E-state index in [4.69, 9.17) is 23.2 Å². The topological polar surface area (TPSA) is 37.4 Å². The fourth-order valence-electron chi connectivity index (χ4n) is 2.76. The molecule has 118 valence electrons. The Morgan fingerprint density at radius 3 is 2.19 bits per heavy atom. The van der Waals surface area contributed by atoms with Crippen molar-refractivity contribution in [2.24, 2.45) is 0 Å². The Kier molecular flexibility index (Phi) is 6.38. The minimum atomic E-state index is -3.57. The van der Waals surface area contributed by atoms with Crippen molar-refractivity contribution in [1.29, 1.82) is 0 Å². The van der Waals surface area contributed by atoms with Crippen molar-refractivity contribution >= 4 is 49.2 Å². The van der Waals surface area contributed by atoms with Gasteiger partial charge in [-0.15, -0.1) is 0 Å². The largest absolute Gasteiger partial charge is 0.243 e. The van der Waals surface area contributed by atoms with Crippen molar-refractivity contribution in [3.8, 4) is 0 Å². The molecule has 3 nitrogen and oxygen atoms in total. The van der Waals surface area contributed by atoms with Crippen LogP contribution < -0.4 is 0 Å². The molecule has 0 aromatic heterocycles. The molecule has 7 heteroatoms. The van der Waals surface area contributed by atoms with Gasteiger partial charge in [0.25, 0.3) is 0 Å². The molecule has 0 unspecified atom stereocenters. The monoisotopic (exact) mass is 413 g/mol. The summed E-state index contributed by atoms with van der Waals surface area (Å²) in [7, 11) is -3.57. The van der Waals surface area contributed by atoms with E-state index in [1.54, 1.807) is 4.31 Å². The van der Waals surface area contributed by atoms with Crippen molar-refractivity contribution in [1.82, 2.24) is 4.31 Å². The molecular weight excluding hydrogens is 397 g/mol. The first-order valence-electron chi connectivity index (χ1n) is 6.99. The normalized spacial score (nSPS) is 17.3.